The van der Waals surface area contributed by atoms with Gasteiger partial charge in [0.05, 0.1) is 0 Å². The van der Waals surface area contributed by atoms with Crippen molar-refractivity contribution in [3.63, 3.8) is 0 Å². The van der Waals surface area contributed by atoms with Gasteiger partial charge < -0.3 is 10.2 Å². The van der Waals surface area contributed by atoms with E-state index in [-0.39, 0.29) is 0 Å². The third-order valence-electron chi connectivity index (χ3n) is 6.30. The van der Waals surface area contributed by atoms with Crippen LogP contribution in [0.15, 0.2) is 0 Å². The van der Waals surface area contributed by atoms with Gasteiger partial charge in [-0.15, -0.1) is 0 Å². The van der Waals surface area contributed by atoms with Gasteiger partial charge in [-0.3, -0.25) is 0 Å². The fourth-order valence-electron chi connectivity index (χ4n) is 4.91. The maximum atomic E-state index is 4.03. The van der Waals surface area contributed by atoms with Crippen LogP contribution in [0, 0.1) is 11.8 Å². The van der Waals surface area contributed by atoms with E-state index in [1.807, 2.05) is 0 Å². The minimum atomic E-state index is 0.807. The van der Waals surface area contributed by atoms with Crippen molar-refractivity contribution in [2.45, 2.75) is 83.0 Å². The summed E-state index contributed by atoms with van der Waals surface area (Å²) in [5, 5.41) is 4.03. The summed E-state index contributed by atoms with van der Waals surface area (Å²) in [5.74, 6) is 1.87. The zero-order valence-corrected chi connectivity index (χ0v) is 12.4. The normalized spacial score (nSPS) is 48.8. The van der Waals surface area contributed by atoms with E-state index in [0.717, 1.165) is 36.0 Å². The molecule has 1 aliphatic carbocycles. The topological polar surface area (TPSA) is 15.3 Å². The number of fused-ring (bicyclic) bond motifs is 2. The number of hydrogen-bond acceptors (Lipinski definition) is 2. The Bertz CT molecular complexity index is 277. The highest BCUT2D eigenvalue weighted by Gasteiger charge is 2.40. The Hall–Kier alpha value is -0.0800. The van der Waals surface area contributed by atoms with Crippen molar-refractivity contribution in [1.29, 1.82) is 0 Å². The minimum absolute atomic E-state index is 0.807. The summed E-state index contributed by atoms with van der Waals surface area (Å²) in [6.45, 7) is 4.84. The predicted molar refractivity (Wildman–Crippen MR) is 76.7 cm³/mol. The maximum Gasteiger partial charge on any atom is 0.0111 e. The number of rotatable bonds is 3. The van der Waals surface area contributed by atoms with Crippen LogP contribution in [-0.2, 0) is 0 Å². The molecule has 3 rings (SSSR count). The third kappa shape index (κ3) is 2.22. The van der Waals surface area contributed by atoms with Gasteiger partial charge in [0.25, 0.3) is 0 Å². The standard InChI is InChI=1S/C16H30N2/c1-4-12-5-8-16(11(12)2)17-13-9-14-6-7-15(10-13)18(14)3/h11-17H,4-10H2,1-3H3. The smallest absolute Gasteiger partial charge is 0.0111 e. The van der Waals surface area contributed by atoms with Gasteiger partial charge in [0.1, 0.15) is 0 Å². The van der Waals surface area contributed by atoms with Crippen LogP contribution < -0.4 is 5.32 Å². The first kappa shape index (κ1) is 12.9. The van der Waals surface area contributed by atoms with Gasteiger partial charge in [0.15, 0.2) is 0 Å². The van der Waals surface area contributed by atoms with Gasteiger partial charge in [-0.25, -0.2) is 0 Å². The fourth-order valence-corrected chi connectivity index (χ4v) is 4.91. The molecule has 18 heavy (non-hydrogen) atoms. The van der Waals surface area contributed by atoms with Gasteiger partial charge in [0, 0.05) is 24.2 Å². The van der Waals surface area contributed by atoms with Crippen LogP contribution in [0.4, 0.5) is 0 Å². The quantitative estimate of drug-likeness (QED) is 0.828. The molecule has 3 aliphatic rings. The molecule has 0 aromatic heterocycles. The van der Waals surface area contributed by atoms with Crippen LogP contribution in [0.5, 0.6) is 0 Å². The largest absolute Gasteiger partial charge is 0.311 e. The van der Waals surface area contributed by atoms with Crippen molar-refractivity contribution in [2.24, 2.45) is 11.8 Å². The average molecular weight is 250 g/mol. The van der Waals surface area contributed by atoms with E-state index in [9.17, 15) is 0 Å². The fraction of sp³-hybridized carbons (Fsp3) is 1.00. The van der Waals surface area contributed by atoms with Gasteiger partial charge in [-0.1, -0.05) is 20.3 Å². The molecule has 2 aliphatic heterocycles. The lowest BCUT2D eigenvalue weighted by Crippen LogP contribution is -2.50. The van der Waals surface area contributed by atoms with Gasteiger partial charge >= 0.3 is 0 Å². The highest BCUT2D eigenvalue weighted by atomic mass is 15.2. The van der Waals surface area contributed by atoms with Crippen LogP contribution >= 0.6 is 0 Å². The second-order valence-electron chi connectivity index (χ2n) is 7.10. The Kier molecular flexibility index (Phi) is 3.68. The molecule has 0 amide bonds. The van der Waals surface area contributed by atoms with Crippen LogP contribution in [-0.4, -0.2) is 36.1 Å². The second kappa shape index (κ2) is 5.13. The summed E-state index contributed by atoms with van der Waals surface area (Å²) >= 11 is 0. The molecule has 5 atom stereocenters. The molecule has 2 saturated heterocycles. The van der Waals surface area contributed by atoms with Crippen LogP contribution in [0.3, 0.4) is 0 Å². The van der Waals surface area contributed by atoms with Gasteiger partial charge in [0.2, 0.25) is 0 Å². The van der Waals surface area contributed by atoms with Crippen molar-refractivity contribution >= 4 is 0 Å². The summed E-state index contributed by atoms with van der Waals surface area (Å²) in [5.41, 5.74) is 0. The highest BCUT2D eigenvalue weighted by Crippen LogP contribution is 2.37. The van der Waals surface area contributed by atoms with E-state index in [1.165, 1.54) is 44.9 Å². The zero-order chi connectivity index (χ0) is 12.7. The second-order valence-corrected chi connectivity index (χ2v) is 7.10. The molecule has 3 fully saturated rings. The monoisotopic (exact) mass is 250 g/mol. The van der Waals surface area contributed by atoms with E-state index in [4.69, 9.17) is 0 Å². The number of piperidine rings is 1. The Morgan fingerprint density at radius 1 is 1.06 bits per heavy atom. The Morgan fingerprint density at radius 2 is 1.72 bits per heavy atom. The number of nitrogens with zero attached hydrogens (tertiary/aromatic N) is 1. The van der Waals surface area contributed by atoms with Crippen molar-refractivity contribution < 1.29 is 0 Å². The molecule has 2 bridgehead atoms. The molecule has 0 aromatic rings. The van der Waals surface area contributed by atoms with E-state index >= 15 is 0 Å². The summed E-state index contributed by atoms with van der Waals surface area (Å²) in [6, 6.07) is 3.37. The van der Waals surface area contributed by atoms with Crippen molar-refractivity contribution in [3.05, 3.63) is 0 Å². The predicted octanol–water partition coefficient (Wildman–Crippen LogP) is 3.03. The Balaban J connectivity index is 1.55. The average Bonchev–Trinajstić information content (AvgIpc) is 2.79. The van der Waals surface area contributed by atoms with Crippen LogP contribution in [0.1, 0.15) is 58.8 Å². The maximum absolute atomic E-state index is 4.03. The van der Waals surface area contributed by atoms with Crippen molar-refractivity contribution in [1.82, 2.24) is 10.2 Å². The van der Waals surface area contributed by atoms with Crippen molar-refractivity contribution in [3.8, 4) is 0 Å². The highest BCUT2D eigenvalue weighted by molar-refractivity contribution is 4.98. The summed E-state index contributed by atoms with van der Waals surface area (Å²) < 4.78 is 0. The van der Waals surface area contributed by atoms with E-state index < -0.39 is 0 Å². The number of hydrogen-bond donors (Lipinski definition) is 1. The molecule has 2 heterocycles. The molecule has 2 nitrogen and oxygen atoms in total. The first-order valence-electron chi connectivity index (χ1n) is 8.17. The molecular weight excluding hydrogens is 220 g/mol. The summed E-state index contributed by atoms with van der Waals surface area (Å²) in [6.07, 6.45) is 9.92. The molecule has 2 heteroatoms. The molecule has 1 saturated carbocycles. The zero-order valence-electron chi connectivity index (χ0n) is 12.4. The minimum Gasteiger partial charge on any atom is -0.311 e. The summed E-state index contributed by atoms with van der Waals surface area (Å²) in [4.78, 5) is 2.64. The van der Waals surface area contributed by atoms with Crippen LogP contribution in [0.25, 0.3) is 0 Å². The Morgan fingerprint density at radius 3 is 2.28 bits per heavy atom. The number of nitrogens with one attached hydrogen (secondary N) is 1. The molecular formula is C16H30N2. The first-order chi connectivity index (χ1) is 8.69. The van der Waals surface area contributed by atoms with E-state index in [1.54, 1.807) is 0 Å². The lowest BCUT2D eigenvalue weighted by molar-refractivity contribution is 0.138. The summed E-state index contributed by atoms with van der Waals surface area (Å²) in [7, 11) is 2.34. The van der Waals surface area contributed by atoms with Gasteiger partial charge in [-0.05, 0) is 57.4 Å². The van der Waals surface area contributed by atoms with Gasteiger partial charge in [-0.2, -0.15) is 0 Å². The van der Waals surface area contributed by atoms with E-state index in [2.05, 4.69) is 31.1 Å². The van der Waals surface area contributed by atoms with E-state index in [0.29, 0.717) is 0 Å². The Labute approximate surface area is 113 Å². The molecule has 0 aromatic carbocycles. The molecule has 1 N–H and O–H groups in total. The first-order valence-corrected chi connectivity index (χ1v) is 8.17. The molecule has 104 valence electrons. The lowest BCUT2D eigenvalue weighted by atomic mass is 9.91. The molecule has 5 unspecified atom stereocenters. The molecule has 0 spiro atoms. The molecule has 0 radical (unpaired) electrons. The van der Waals surface area contributed by atoms with Crippen molar-refractivity contribution in [2.75, 3.05) is 7.05 Å². The van der Waals surface area contributed by atoms with Crippen LogP contribution in [0.2, 0.25) is 0 Å². The third-order valence-corrected chi connectivity index (χ3v) is 6.30. The lowest BCUT2D eigenvalue weighted by Gasteiger charge is -2.38. The SMILES string of the molecule is CCC1CCC(NC2CC3CCC(C2)N3C)C1C.